The van der Waals surface area contributed by atoms with Crippen LogP contribution in [0.4, 0.5) is 5.69 Å². The van der Waals surface area contributed by atoms with E-state index >= 15 is 0 Å². The van der Waals surface area contributed by atoms with Crippen LogP contribution in [-0.2, 0) is 4.79 Å². The van der Waals surface area contributed by atoms with E-state index in [0.29, 0.717) is 12.2 Å². The number of amides is 1. The van der Waals surface area contributed by atoms with E-state index in [4.69, 9.17) is 16.7 Å². The summed E-state index contributed by atoms with van der Waals surface area (Å²) in [5, 5.41) is 11.7. The number of carbonyl (C=O) groups excluding carboxylic acids is 1. The van der Waals surface area contributed by atoms with Crippen molar-refractivity contribution in [3.63, 3.8) is 0 Å². The van der Waals surface area contributed by atoms with Gasteiger partial charge in [-0.3, -0.25) is 4.79 Å². The molecule has 0 spiro atoms. The van der Waals surface area contributed by atoms with Crippen LogP contribution in [-0.4, -0.2) is 29.0 Å². The van der Waals surface area contributed by atoms with Crippen molar-refractivity contribution < 1.29 is 14.7 Å². The van der Waals surface area contributed by atoms with Crippen LogP contribution >= 0.6 is 23.4 Å². The van der Waals surface area contributed by atoms with Gasteiger partial charge in [-0.15, -0.1) is 0 Å². The fraction of sp³-hybridized carbons (Fsp3) is 0.273. The van der Waals surface area contributed by atoms with Gasteiger partial charge in [0.1, 0.15) is 0 Å². The highest BCUT2D eigenvalue weighted by atomic mass is 35.5. The lowest BCUT2D eigenvalue weighted by Crippen LogP contribution is -2.15. The van der Waals surface area contributed by atoms with E-state index in [2.05, 4.69) is 5.32 Å². The van der Waals surface area contributed by atoms with E-state index in [1.165, 1.54) is 18.2 Å². The Morgan fingerprint density at radius 1 is 1.47 bits per heavy atom. The van der Waals surface area contributed by atoms with Crippen molar-refractivity contribution in [1.82, 2.24) is 0 Å². The number of nitrogens with one attached hydrogen (secondary N) is 1. The first-order valence-electron chi connectivity index (χ1n) is 4.87. The first-order valence-corrected chi connectivity index (χ1v) is 6.64. The van der Waals surface area contributed by atoms with Gasteiger partial charge in [-0.25, -0.2) is 4.79 Å². The molecule has 1 aromatic carbocycles. The fourth-order valence-corrected chi connectivity index (χ4v) is 1.84. The second kappa shape index (κ2) is 6.51. The third-order valence-corrected chi connectivity index (χ3v) is 2.97. The van der Waals surface area contributed by atoms with E-state index < -0.39 is 5.97 Å². The first-order chi connectivity index (χ1) is 8.06. The van der Waals surface area contributed by atoms with Crippen LogP contribution < -0.4 is 5.32 Å². The van der Waals surface area contributed by atoms with Crippen molar-refractivity contribution in [1.29, 1.82) is 0 Å². The maximum Gasteiger partial charge on any atom is 0.337 e. The third kappa shape index (κ3) is 3.94. The number of hydrogen-bond acceptors (Lipinski definition) is 3. The monoisotopic (exact) mass is 273 g/mol. The maximum absolute atomic E-state index is 11.5. The molecule has 1 aromatic rings. The second-order valence-electron chi connectivity index (χ2n) is 3.26. The molecule has 2 N–H and O–H groups in total. The van der Waals surface area contributed by atoms with Gasteiger partial charge in [0, 0.05) is 12.2 Å². The summed E-state index contributed by atoms with van der Waals surface area (Å²) in [6, 6.07) is 4.47. The van der Waals surface area contributed by atoms with Gasteiger partial charge in [0.25, 0.3) is 0 Å². The Labute approximate surface area is 108 Å². The molecule has 0 saturated carbocycles. The summed E-state index contributed by atoms with van der Waals surface area (Å²) in [5.74, 6) is -0.679. The van der Waals surface area contributed by atoms with Crippen LogP contribution in [0, 0.1) is 0 Å². The van der Waals surface area contributed by atoms with Gasteiger partial charge in [-0.2, -0.15) is 11.8 Å². The molecule has 0 aliphatic heterocycles. The lowest BCUT2D eigenvalue weighted by atomic mass is 10.1. The molecule has 0 unspecified atom stereocenters. The van der Waals surface area contributed by atoms with Crippen LogP contribution in [0.25, 0.3) is 0 Å². The molecule has 0 aliphatic carbocycles. The molecule has 0 bridgehead atoms. The molecule has 1 rings (SSSR count). The SMILES string of the molecule is CSCCC(=O)Nc1c(Cl)cccc1C(=O)O. The number of anilines is 1. The van der Waals surface area contributed by atoms with Crippen LogP contribution in [0.3, 0.4) is 0 Å². The fourth-order valence-electron chi connectivity index (χ4n) is 1.23. The van der Waals surface area contributed by atoms with Gasteiger partial charge in [0.05, 0.1) is 16.3 Å². The maximum atomic E-state index is 11.5. The lowest BCUT2D eigenvalue weighted by Gasteiger charge is -2.09. The smallest absolute Gasteiger partial charge is 0.337 e. The summed E-state index contributed by atoms with van der Waals surface area (Å²) in [6.45, 7) is 0. The number of aromatic carboxylic acids is 1. The molecule has 1 amide bonds. The van der Waals surface area contributed by atoms with Gasteiger partial charge >= 0.3 is 5.97 Å². The summed E-state index contributed by atoms with van der Waals surface area (Å²) in [4.78, 5) is 22.5. The summed E-state index contributed by atoms with van der Waals surface area (Å²) in [7, 11) is 0. The number of carboxylic acids is 1. The Bertz CT molecular complexity index is 437. The number of halogens is 1. The number of thioether (sulfide) groups is 1. The minimum atomic E-state index is -1.12. The zero-order chi connectivity index (χ0) is 12.8. The van der Waals surface area contributed by atoms with E-state index in [0.717, 1.165) is 0 Å². The molecule has 0 saturated heterocycles. The Morgan fingerprint density at radius 2 is 2.18 bits per heavy atom. The molecular formula is C11H12ClNO3S. The molecule has 0 fully saturated rings. The van der Waals surface area contributed by atoms with Crippen molar-refractivity contribution in [2.24, 2.45) is 0 Å². The zero-order valence-corrected chi connectivity index (χ0v) is 10.8. The third-order valence-electron chi connectivity index (χ3n) is 2.04. The average molecular weight is 274 g/mol. The number of para-hydroxylation sites is 1. The van der Waals surface area contributed by atoms with E-state index in [1.807, 2.05) is 6.26 Å². The topological polar surface area (TPSA) is 66.4 Å². The molecule has 0 heterocycles. The van der Waals surface area contributed by atoms with Crippen LogP contribution in [0.5, 0.6) is 0 Å². The average Bonchev–Trinajstić information content (AvgIpc) is 2.28. The highest BCUT2D eigenvalue weighted by Gasteiger charge is 2.15. The van der Waals surface area contributed by atoms with Gasteiger partial charge in [0.2, 0.25) is 5.91 Å². The van der Waals surface area contributed by atoms with Gasteiger partial charge in [-0.05, 0) is 18.4 Å². The molecule has 0 aliphatic rings. The van der Waals surface area contributed by atoms with Crippen LogP contribution in [0.2, 0.25) is 5.02 Å². The molecule has 0 atom stereocenters. The lowest BCUT2D eigenvalue weighted by molar-refractivity contribution is -0.115. The Balaban J connectivity index is 2.89. The quantitative estimate of drug-likeness (QED) is 0.866. The van der Waals surface area contributed by atoms with Crippen molar-refractivity contribution in [3.05, 3.63) is 28.8 Å². The van der Waals surface area contributed by atoms with Gasteiger partial charge < -0.3 is 10.4 Å². The number of benzene rings is 1. The molecule has 0 aromatic heterocycles. The highest BCUT2D eigenvalue weighted by molar-refractivity contribution is 7.98. The van der Waals surface area contributed by atoms with Crippen LogP contribution in [0.1, 0.15) is 16.8 Å². The molecule has 17 heavy (non-hydrogen) atoms. The first kappa shape index (κ1) is 13.9. The van der Waals surface area contributed by atoms with Gasteiger partial charge in [0.15, 0.2) is 0 Å². The number of carboxylic acid groups (broad SMARTS) is 1. The van der Waals surface area contributed by atoms with Crippen molar-refractivity contribution in [2.75, 3.05) is 17.3 Å². The Morgan fingerprint density at radius 3 is 2.76 bits per heavy atom. The van der Waals surface area contributed by atoms with E-state index in [9.17, 15) is 9.59 Å². The van der Waals surface area contributed by atoms with E-state index in [1.54, 1.807) is 11.8 Å². The summed E-state index contributed by atoms with van der Waals surface area (Å²) in [5.41, 5.74) is 0.155. The van der Waals surface area contributed by atoms with Crippen molar-refractivity contribution >= 4 is 40.9 Å². The normalized spacial score (nSPS) is 10.0. The minimum absolute atomic E-state index is 0.00463. The summed E-state index contributed by atoms with van der Waals surface area (Å²) in [6.07, 6.45) is 2.22. The highest BCUT2D eigenvalue weighted by Crippen LogP contribution is 2.26. The predicted octanol–water partition coefficient (Wildman–Crippen LogP) is 2.73. The number of rotatable bonds is 5. The molecule has 6 heteroatoms. The zero-order valence-electron chi connectivity index (χ0n) is 9.20. The van der Waals surface area contributed by atoms with Gasteiger partial charge in [-0.1, -0.05) is 17.7 Å². The van der Waals surface area contributed by atoms with Crippen molar-refractivity contribution in [2.45, 2.75) is 6.42 Å². The standard InChI is InChI=1S/C11H12ClNO3S/c1-17-6-5-9(14)13-10-7(11(15)16)3-2-4-8(10)12/h2-4H,5-6H2,1H3,(H,13,14)(H,15,16). The molecule has 92 valence electrons. The second-order valence-corrected chi connectivity index (χ2v) is 4.65. The van der Waals surface area contributed by atoms with Crippen LogP contribution in [0.15, 0.2) is 18.2 Å². The Kier molecular flexibility index (Phi) is 5.31. The Hall–Kier alpha value is -1.20. The summed E-state index contributed by atoms with van der Waals surface area (Å²) < 4.78 is 0. The molecule has 4 nitrogen and oxygen atoms in total. The summed E-state index contributed by atoms with van der Waals surface area (Å²) >= 11 is 7.41. The largest absolute Gasteiger partial charge is 0.478 e. The predicted molar refractivity (Wildman–Crippen MR) is 70.0 cm³/mol. The molecular weight excluding hydrogens is 262 g/mol. The van der Waals surface area contributed by atoms with Crippen molar-refractivity contribution in [3.8, 4) is 0 Å². The number of hydrogen-bond donors (Lipinski definition) is 2. The molecule has 0 radical (unpaired) electrons. The van der Waals surface area contributed by atoms with E-state index in [-0.39, 0.29) is 22.2 Å². The number of carbonyl (C=O) groups is 2. The minimum Gasteiger partial charge on any atom is -0.478 e.